The SMILES string of the molecule is CC(C)CN(C1CCC1)[C@@H](CNC(=O)c1ccc(Cl)s1)C(=O)Nc1ccc(N2CCOCC2=O)cc1C(F)(F)F. The maximum Gasteiger partial charge on any atom is 0.418 e. The van der Waals surface area contributed by atoms with Crippen molar-refractivity contribution in [1.82, 2.24) is 10.2 Å². The van der Waals surface area contributed by atoms with Crippen LogP contribution in [0.25, 0.3) is 0 Å². The van der Waals surface area contributed by atoms with Gasteiger partial charge in [0.25, 0.3) is 11.8 Å². The van der Waals surface area contributed by atoms with E-state index in [-0.39, 0.29) is 44.0 Å². The van der Waals surface area contributed by atoms with Crippen LogP contribution in [0.5, 0.6) is 0 Å². The summed E-state index contributed by atoms with van der Waals surface area (Å²) in [4.78, 5) is 42.2. The van der Waals surface area contributed by atoms with E-state index < -0.39 is 41.2 Å². The molecule has 8 nitrogen and oxygen atoms in total. The van der Waals surface area contributed by atoms with Crippen LogP contribution in [0.2, 0.25) is 4.34 Å². The first-order valence-electron chi connectivity index (χ1n) is 13.1. The number of carbonyl (C=O) groups excluding carboxylic acids is 3. The lowest BCUT2D eigenvalue weighted by Gasteiger charge is -2.42. The van der Waals surface area contributed by atoms with Crippen LogP contribution in [0.4, 0.5) is 24.5 Å². The number of alkyl halides is 3. The van der Waals surface area contributed by atoms with Crippen LogP contribution in [0.1, 0.15) is 48.3 Å². The Hall–Kier alpha value is -2.67. The number of amides is 3. The number of halogens is 4. The van der Waals surface area contributed by atoms with Crippen molar-refractivity contribution in [1.29, 1.82) is 0 Å². The van der Waals surface area contributed by atoms with Gasteiger partial charge in [-0.25, -0.2) is 0 Å². The van der Waals surface area contributed by atoms with Crippen molar-refractivity contribution in [3.8, 4) is 0 Å². The first kappa shape index (κ1) is 30.3. The average Bonchev–Trinajstić information content (AvgIpc) is 3.29. The molecule has 0 unspecified atom stereocenters. The lowest BCUT2D eigenvalue weighted by Crippen LogP contribution is -2.57. The van der Waals surface area contributed by atoms with Gasteiger partial charge in [-0.1, -0.05) is 31.9 Å². The van der Waals surface area contributed by atoms with Crippen LogP contribution < -0.4 is 15.5 Å². The normalized spacial score (nSPS) is 17.2. The third-order valence-electron chi connectivity index (χ3n) is 6.94. The second-order valence-electron chi connectivity index (χ2n) is 10.3. The Morgan fingerprint density at radius 1 is 1.23 bits per heavy atom. The fraction of sp³-hybridized carbons (Fsp3) is 0.519. The summed E-state index contributed by atoms with van der Waals surface area (Å²) >= 11 is 7.05. The molecule has 218 valence electrons. The third kappa shape index (κ3) is 7.34. The van der Waals surface area contributed by atoms with Gasteiger partial charge >= 0.3 is 6.18 Å². The minimum absolute atomic E-state index is 0.0768. The maximum atomic E-state index is 14.2. The van der Waals surface area contributed by atoms with E-state index in [4.69, 9.17) is 16.3 Å². The summed E-state index contributed by atoms with van der Waals surface area (Å²) in [5.41, 5.74) is -1.40. The van der Waals surface area contributed by atoms with Gasteiger partial charge in [0.2, 0.25) is 5.91 Å². The number of benzene rings is 1. The van der Waals surface area contributed by atoms with E-state index in [1.165, 1.54) is 11.0 Å². The van der Waals surface area contributed by atoms with E-state index in [0.717, 1.165) is 42.7 Å². The highest BCUT2D eigenvalue weighted by atomic mass is 35.5. The Labute approximate surface area is 239 Å². The van der Waals surface area contributed by atoms with Crippen molar-refractivity contribution in [2.24, 2.45) is 5.92 Å². The molecule has 4 rings (SSSR count). The summed E-state index contributed by atoms with van der Waals surface area (Å²) in [5.74, 6) is -1.33. The Balaban J connectivity index is 1.60. The zero-order chi connectivity index (χ0) is 29.0. The Kier molecular flexibility index (Phi) is 9.76. The second-order valence-corrected chi connectivity index (χ2v) is 12.0. The van der Waals surface area contributed by atoms with E-state index in [1.807, 2.05) is 18.7 Å². The summed E-state index contributed by atoms with van der Waals surface area (Å²) in [6, 6.07) is 5.76. The Morgan fingerprint density at radius 2 is 1.98 bits per heavy atom. The first-order valence-corrected chi connectivity index (χ1v) is 14.3. The Morgan fingerprint density at radius 3 is 2.55 bits per heavy atom. The molecule has 1 atom stereocenters. The molecular weight excluding hydrogens is 569 g/mol. The number of hydrogen-bond acceptors (Lipinski definition) is 6. The van der Waals surface area contributed by atoms with Gasteiger partial charge in [-0.05, 0) is 49.1 Å². The van der Waals surface area contributed by atoms with Crippen LogP contribution in [-0.4, -0.2) is 67.6 Å². The molecule has 40 heavy (non-hydrogen) atoms. The quantitative estimate of drug-likeness (QED) is 0.399. The fourth-order valence-electron chi connectivity index (χ4n) is 4.79. The maximum absolute atomic E-state index is 14.2. The fourth-order valence-corrected chi connectivity index (χ4v) is 5.75. The van der Waals surface area contributed by atoms with Crippen LogP contribution in [0.3, 0.4) is 0 Å². The number of nitrogens with one attached hydrogen (secondary N) is 2. The van der Waals surface area contributed by atoms with E-state index in [2.05, 4.69) is 10.6 Å². The molecule has 1 aromatic heterocycles. The molecule has 2 fully saturated rings. The summed E-state index contributed by atoms with van der Waals surface area (Å²) in [7, 11) is 0. The number of anilines is 2. The van der Waals surface area contributed by atoms with E-state index in [1.54, 1.807) is 12.1 Å². The molecule has 2 aromatic rings. The van der Waals surface area contributed by atoms with Gasteiger partial charge in [0.1, 0.15) is 12.6 Å². The molecule has 1 aliphatic carbocycles. The molecular formula is C27H32ClF3N4O4S. The summed E-state index contributed by atoms with van der Waals surface area (Å²) in [6.45, 7) is 4.57. The van der Waals surface area contributed by atoms with Gasteiger partial charge in [-0.3, -0.25) is 19.3 Å². The average molecular weight is 601 g/mol. The lowest BCUT2D eigenvalue weighted by molar-refractivity contribution is -0.137. The molecule has 2 aliphatic rings. The minimum Gasteiger partial charge on any atom is -0.370 e. The predicted molar refractivity (Wildman–Crippen MR) is 148 cm³/mol. The second kappa shape index (κ2) is 12.9. The van der Waals surface area contributed by atoms with Crippen molar-refractivity contribution < 1.29 is 32.3 Å². The molecule has 13 heteroatoms. The molecule has 1 saturated carbocycles. The standard InChI is InChI=1S/C27H32ClF3N4O4S/c1-16(2)14-35(17-4-3-5-17)21(13-32-26(38)22-8-9-23(28)40-22)25(37)33-20-7-6-18(12-19(20)27(29,30)31)34-10-11-39-15-24(34)36/h6-9,12,16-17,21H,3-5,10-11,13-15H2,1-2H3,(H,32,38)(H,33,37)/t21-/m0/s1. The predicted octanol–water partition coefficient (Wildman–Crippen LogP) is 5.03. The highest BCUT2D eigenvalue weighted by molar-refractivity contribution is 7.18. The zero-order valence-electron chi connectivity index (χ0n) is 22.2. The molecule has 0 radical (unpaired) electrons. The Bertz CT molecular complexity index is 1230. The summed E-state index contributed by atoms with van der Waals surface area (Å²) in [5, 5.41) is 5.25. The number of ether oxygens (including phenoxy) is 1. The molecule has 1 saturated heterocycles. The molecule has 0 spiro atoms. The van der Waals surface area contributed by atoms with Gasteiger partial charge in [0, 0.05) is 31.4 Å². The van der Waals surface area contributed by atoms with E-state index in [0.29, 0.717) is 15.8 Å². The first-order chi connectivity index (χ1) is 18.9. The van der Waals surface area contributed by atoms with E-state index >= 15 is 0 Å². The number of hydrogen-bond donors (Lipinski definition) is 2. The number of nitrogens with zero attached hydrogens (tertiary/aromatic N) is 2. The summed E-state index contributed by atoms with van der Waals surface area (Å²) < 4.78 is 48.0. The van der Waals surface area contributed by atoms with Crippen LogP contribution >= 0.6 is 22.9 Å². The number of morpholine rings is 1. The van der Waals surface area contributed by atoms with Crippen molar-refractivity contribution in [2.45, 2.75) is 51.4 Å². The topological polar surface area (TPSA) is 91.0 Å². The minimum atomic E-state index is -4.79. The molecule has 3 amide bonds. The van der Waals surface area contributed by atoms with Crippen molar-refractivity contribution in [2.75, 3.05) is 43.1 Å². The highest BCUT2D eigenvalue weighted by Gasteiger charge is 2.38. The highest BCUT2D eigenvalue weighted by Crippen LogP contribution is 2.38. The summed E-state index contributed by atoms with van der Waals surface area (Å²) in [6.07, 6.45) is -2.07. The number of thiophene rings is 1. The van der Waals surface area contributed by atoms with Gasteiger partial charge < -0.3 is 20.3 Å². The van der Waals surface area contributed by atoms with E-state index in [9.17, 15) is 27.6 Å². The number of rotatable bonds is 10. The molecule has 1 aromatic carbocycles. The monoisotopic (exact) mass is 600 g/mol. The van der Waals surface area contributed by atoms with Gasteiger partial charge in [0.05, 0.1) is 27.1 Å². The largest absolute Gasteiger partial charge is 0.418 e. The molecule has 0 bridgehead atoms. The van der Waals surface area contributed by atoms with Crippen molar-refractivity contribution in [3.63, 3.8) is 0 Å². The smallest absolute Gasteiger partial charge is 0.370 e. The molecule has 1 aliphatic heterocycles. The van der Waals surface area contributed by atoms with Gasteiger partial charge in [-0.2, -0.15) is 13.2 Å². The number of carbonyl (C=O) groups is 3. The van der Waals surface area contributed by atoms with Crippen molar-refractivity contribution >= 4 is 52.0 Å². The van der Waals surface area contributed by atoms with Crippen LogP contribution in [0.15, 0.2) is 30.3 Å². The van der Waals surface area contributed by atoms with Gasteiger partial charge in [-0.15, -0.1) is 11.3 Å². The third-order valence-corrected chi connectivity index (χ3v) is 8.17. The van der Waals surface area contributed by atoms with Crippen LogP contribution in [0, 0.1) is 5.92 Å². The lowest BCUT2D eigenvalue weighted by atomic mass is 9.89. The van der Waals surface area contributed by atoms with Crippen molar-refractivity contribution in [3.05, 3.63) is 45.1 Å². The van der Waals surface area contributed by atoms with Gasteiger partial charge in [0.15, 0.2) is 0 Å². The molecule has 2 heterocycles. The zero-order valence-corrected chi connectivity index (χ0v) is 23.8. The van der Waals surface area contributed by atoms with Crippen LogP contribution in [-0.2, 0) is 20.5 Å². The molecule has 2 N–H and O–H groups in total.